The third-order valence-corrected chi connectivity index (χ3v) is 4.69. The maximum Gasteiger partial charge on any atom is 0.226 e. The van der Waals surface area contributed by atoms with Crippen LogP contribution in [-0.2, 0) is 13.0 Å². The minimum absolute atomic E-state index is 0.522. The number of aryl methyl sites for hydroxylation is 1. The molecule has 3 heteroatoms. The Bertz CT molecular complexity index is 588. The predicted molar refractivity (Wildman–Crippen MR) is 106 cm³/mol. The van der Waals surface area contributed by atoms with Gasteiger partial charge < -0.3 is 9.73 Å². The molecule has 0 amide bonds. The number of oxazole rings is 1. The van der Waals surface area contributed by atoms with Crippen molar-refractivity contribution in [1.29, 1.82) is 0 Å². The molecule has 2 rings (SSSR count). The van der Waals surface area contributed by atoms with Gasteiger partial charge in [0.05, 0.1) is 5.69 Å². The van der Waals surface area contributed by atoms with Crippen molar-refractivity contribution in [2.24, 2.45) is 0 Å². The van der Waals surface area contributed by atoms with Crippen molar-refractivity contribution in [2.75, 3.05) is 0 Å². The fourth-order valence-corrected chi connectivity index (χ4v) is 3.00. The van der Waals surface area contributed by atoms with Gasteiger partial charge in [0.25, 0.3) is 0 Å². The number of hydrogen-bond acceptors (Lipinski definition) is 3. The average molecular weight is 343 g/mol. The Morgan fingerprint density at radius 1 is 1.00 bits per heavy atom. The number of hydrogen-bond donors (Lipinski definition) is 1. The van der Waals surface area contributed by atoms with E-state index >= 15 is 0 Å². The first-order valence-electron chi connectivity index (χ1n) is 10.00. The monoisotopic (exact) mass is 342 g/mol. The van der Waals surface area contributed by atoms with Crippen LogP contribution >= 0.6 is 0 Å². The van der Waals surface area contributed by atoms with Crippen LogP contribution in [0.25, 0.3) is 11.5 Å². The van der Waals surface area contributed by atoms with Crippen LogP contribution in [0.2, 0.25) is 0 Å². The molecule has 0 saturated heterocycles. The lowest BCUT2D eigenvalue weighted by molar-refractivity contribution is 0.483. The summed E-state index contributed by atoms with van der Waals surface area (Å²) in [5.41, 5.74) is 3.43. The Balaban J connectivity index is 1.81. The molecule has 0 aliphatic rings. The molecule has 0 radical (unpaired) electrons. The summed E-state index contributed by atoms with van der Waals surface area (Å²) < 4.78 is 5.67. The molecule has 0 saturated carbocycles. The zero-order valence-corrected chi connectivity index (χ0v) is 16.2. The highest BCUT2D eigenvalue weighted by molar-refractivity contribution is 5.53. The molecule has 1 aromatic carbocycles. The van der Waals surface area contributed by atoms with Gasteiger partial charge >= 0.3 is 0 Å². The van der Waals surface area contributed by atoms with Gasteiger partial charge in [0.2, 0.25) is 5.89 Å². The van der Waals surface area contributed by atoms with E-state index in [1.54, 1.807) is 6.26 Å². The fourth-order valence-electron chi connectivity index (χ4n) is 3.00. The van der Waals surface area contributed by atoms with E-state index in [-0.39, 0.29) is 0 Å². The van der Waals surface area contributed by atoms with E-state index in [0.717, 1.165) is 30.1 Å². The van der Waals surface area contributed by atoms with Gasteiger partial charge in [-0.25, -0.2) is 4.98 Å². The fraction of sp³-hybridized carbons (Fsp3) is 0.591. The van der Waals surface area contributed by atoms with E-state index < -0.39 is 0 Å². The van der Waals surface area contributed by atoms with Gasteiger partial charge in [-0.2, -0.15) is 0 Å². The van der Waals surface area contributed by atoms with Crippen molar-refractivity contribution >= 4 is 0 Å². The second-order valence-corrected chi connectivity index (χ2v) is 7.08. The molecule has 3 nitrogen and oxygen atoms in total. The number of nitrogens with zero attached hydrogens (tertiary/aromatic N) is 1. The van der Waals surface area contributed by atoms with Gasteiger partial charge in [-0.05, 0) is 43.9 Å². The number of benzene rings is 1. The van der Waals surface area contributed by atoms with Gasteiger partial charge in [0.15, 0.2) is 0 Å². The number of rotatable bonds is 12. The molecule has 0 spiro atoms. The number of unbranched alkanes of at least 4 members (excludes halogenated alkanes) is 4. The quantitative estimate of drug-likeness (QED) is 0.471. The standard InChI is InChI=1S/C22H34N2O/c1-4-6-8-10-18(3)23-16-21-17-25-22(24-21)20-14-12-19(13-15-20)11-9-7-5-2/h12-15,17-18,23H,4-11,16H2,1-3H3. The minimum Gasteiger partial charge on any atom is -0.444 e. The van der Waals surface area contributed by atoms with Crippen LogP contribution in [0.1, 0.15) is 77.0 Å². The topological polar surface area (TPSA) is 38.1 Å². The van der Waals surface area contributed by atoms with Crippen LogP contribution in [-0.4, -0.2) is 11.0 Å². The zero-order chi connectivity index (χ0) is 17.9. The maximum absolute atomic E-state index is 5.67. The first-order chi connectivity index (χ1) is 12.2. The van der Waals surface area contributed by atoms with E-state index in [9.17, 15) is 0 Å². The maximum atomic E-state index is 5.67. The van der Waals surface area contributed by atoms with Crippen molar-refractivity contribution in [3.05, 3.63) is 41.8 Å². The Hall–Kier alpha value is -1.61. The Morgan fingerprint density at radius 3 is 2.44 bits per heavy atom. The molecular weight excluding hydrogens is 308 g/mol. The summed E-state index contributed by atoms with van der Waals surface area (Å²) in [6.07, 6.45) is 11.9. The molecule has 1 N–H and O–H groups in total. The van der Waals surface area contributed by atoms with Gasteiger partial charge in [0, 0.05) is 18.2 Å². The molecule has 0 bridgehead atoms. The zero-order valence-electron chi connectivity index (χ0n) is 16.2. The van der Waals surface area contributed by atoms with Gasteiger partial charge in [-0.15, -0.1) is 0 Å². The summed E-state index contributed by atoms with van der Waals surface area (Å²) in [4.78, 5) is 4.62. The lowest BCUT2D eigenvalue weighted by Gasteiger charge is -2.11. The molecule has 0 aliphatic heterocycles. The van der Waals surface area contributed by atoms with Crippen molar-refractivity contribution < 1.29 is 4.42 Å². The largest absolute Gasteiger partial charge is 0.444 e. The predicted octanol–water partition coefficient (Wildman–Crippen LogP) is 6.13. The molecule has 2 aromatic rings. The van der Waals surface area contributed by atoms with Gasteiger partial charge in [-0.1, -0.05) is 58.1 Å². The van der Waals surface area contributed by atoms with Gasteiger partial charge in [0.1, 0.15) is 6.26 Å². The molecule has 0 fully saturated rings. The van der Waals surface area contributed by atoms with Crippen LogP contribution in [0, 0.1) is 0 Å². The van der Waals surface area contributed by atoms with Crippen LogP contribution in [0.15, 0.2) is 34.9 Å². The smallest absolute Gasteiger partial charge is 0.226 e. The molecule has 25 heavy (non-hydrogen) atoms. The minimum atomic E-state index is 0.522. The summed E-state index contributed by atoms with van der Waals surface area (Å²) in [6, 6.07) is 9.16. The van der Waals surface area contributed by atoms with Crippen molar-refractivity contribution in [3.8, 4) is 11.5 Å². The first kappa shape index (κ1) is 19.7. The highest BCUT2D eigenvalue weighted by Crippen LogP contribution is 2.20. The van der Waals surface area contributed by atoms with Crippen LogP contribution in [0.4, 0.5) is 0 Å². The summed E-state index contributed by atoms with van der Waals surface area (Å²) >= 11 is 0. The SMILES string of the molecule is CCCCCc1ccc(-c2nc(CNC(C)CCCCC)co2)cc1. The summed E-state index contributed by atoms with van der Waals surface area (Å²) in [7, 11) is 0. The number of aromatic nitrogens is 1. The second-order valence-electron chi connectivity index (χ2n) is 7.08. The van der Waals surface area contributed by atoms with Crippen molar-refractivity contribution in [3.63, 3.8) is 0 Å². The molecular formula is C22H34N2O. The third-order valence-electron chi connectivity index (χ3n) is 4.69. The van der Waals surface area contributed by atoms with Crippen LogP contribution in [0.3, 0.4) is 0 Å². The lowest BCUT2D eigenvalue weighted by atomic mass is 10.1. The van der Waals surface area contributed by atoms with E-state index in [1.807, 2.05) is 0 Å². The van der Waals surface area contributed by atoms with E-state index in [2.05, 4.69) is 55.3 Å². The van der Waals surface area contributed by atoms with Crippen molar-refractivity contribution in [1.82, 2.24) is 10.3 Å². The Labute approximate surface area is 153 Å². The van der Waals surface area contributed by atoms with Crippen molar-refractivity contribution in [2.45, 2.75) is 84.7 Å². The number of nitrogens with one attached hydrogen (secondary N) is 1. The van der Waals surface area contributed by atoms with Crippen LogP contribution in [0.5, 0.6) is 0 Å². The molecule has 1 unspecified atom stereocenters. The lowest BCUT2D eigenvalue weighted by Crippen LogP contribution is -2.25. The highest BCUT2D eigenvalue weighted by Gasteiger charge is 2.08. The molecule has 1 atom stereocenters. The van der Waals surface area contributed by atoms with E-state index in [0.29, 0.717) is 6.04 Å². The van der Waals surface area contributed by atoms with E-state index in [1.165, 1.54) is 50.5 Å². The molecule has 1 heterocycles. The Morgan fingerprint density at radius 2 is 1.72 bits per heavy atom. The molecule has 0 aliphatic carbocycles. The summed E-state index contributed by atoms with van der Waals surface area (Å²) in [5, 5.41) is 3.54. The summed E-state index contributed by atoms with van der Waals surface area (Å²) in [6.45, 7) is 7.50. The molecule has 138 valence electrons. The highest BCUT2D eigenvalue weighted by atomic mass is 16.3. The first-order valence-corrected chi connectivity index (χ1v) is 10.00. The Kier molecular flexibility index (Phi) is 8.75. The average Bonchev–Trinajstić information content (AvgIpc) is 3.10. The van der Waals surface area contributed by atoms with E-state index in [4.69, 9.17) is 4.42 Å². The molecule has 1 aromatic heterocycles. The van der Waals surface area contributed by atoms with Gasteiger partial charge in [-0.3, -0.25) is 0 Å². The second kappa shape index (κ2) is 11.1. The normalized spacial score (nSPS) is 12.4. The summed E-state index contributed by atoms with van der Waals surface area (Å²) in [5.74, 6) is 0.718. The van der Waals surface area contributed by atoms with Crippen LogP contribution < -0.4 is 5.32 Å². The third kappa shape index (κ3) is 7.03.